The third-order valence-corrected chi connectivity index (χ3v) is 2.72. The number of aryl methyl sites for hydroxylation is 2. The Kier molecular flexibility index (Phi) is 4.97. The summed E-state index contributed by atoms with van der Waals surface area (Å²) in [5.41, 5.74) is 8.64. The molecule has 0 atom stereocenters. The first-order valence-electron chi connectivity index (χ1n) is 5.67. The van der Waals surface area contributed by atoms with Crippen molar-refractivity contribution in [2.45, 2.75) is 20.3 Å². The van der Waals surface area contributed by atoms with Crippen LogP contribution in [0, 0.1) is 13.8 Å². The quantitative estimate of drug-likeness (QED) is 0.722. The molecule has 0 aliphatic carbocycles. The third-order valence-electron chi connectivity index (χ3n) is 2.72. The first-order chi connectivity index (χ1) is 8.04. The van der Waals surface area contributed by atoms with E-state index in [-0.39, 0.29) is 12.5 Å². The highest BCUT2D eigenvalue weighted by Crippen LogP contribution is 2.22. The molecule has 4 nitrogen and oxygen atoms in total. The Morgan fingerprint density at radius 2 is 2.06 bits per heavy atom. The van der Waals surface area contributed by atoms with Crippen molar-refractivity contribution >= 4 is 5.91 Å². The van der Waals surface area contributed by atoms with Crippen LogP contribution in [0.15, 0.2) is 12.1 Å². The van der Waals surface area contributed by atoms with Crippen molar-refractivity contribution in [1.29, 1.82) is 0 Å². The maximum Gasteiger partial charge on any atom is 0.231 e. The minimum Gasteiger partial charge on any atom is -0.496 e. The molecule has 0 aliphatic rings. The predicted molar refractivity (Wildman–Crippen MR) is 68.2 cm³/mol. The second kappa shape index (κ2) is 6.25. The molecule has 0 spiro atoms. The molecular weight excluding hydrogens is 216 g/mol. The van der Waals surface area contributed by atoms with Crippen LogP contribution >= 0.6 is 0 Å². The highest BCUT2D eigenvalue weighted by Gasteiger charge is 2.04. The monoisotopic (exact) mass is 236 g/mol. The lowest BCUT2D eigenvalue weighted by Crippen LogP contribution is -2.30. The second-order valence-electron chi connectivity index (χ2n) is 4.14. The summed E-state index contributed by atoms with van der Waals surface area (Å²) in [6, 6.07) is 4.17. The standard InChI is InChI=1S/C13H20N2O2/c1-9-7-12(17-3)10(2)6-11(9)4-5-15-8-13(14)16/h6-7,15H,4-5,8H2,1-3H3,(H2,14,16). The van der Waals surface area contributed by atoms with E-state index in [4.69, 9.17) is 10.5 Å². The number of carbonyl (C=O) groups is 1. The molecule has 0 saturated carbocycles. The van der Waals surface area contributed by atoms with Crippen LogP contribution in [0.25, 0.3) is 0 Å². The van der Waals surface area contributed by atoms with Crippen LogP contribution < -0.4 is 15.8 Å². The number of methoxy groups -OCH3 is 1. The highest BCUT2D eigenvalue weighted by atomic mass is 16.5. The molecule has 1 aromatic rings. The topological polar surface area (TPSA) is 64.3 Å². The van der Waals surface area contributed by atoms with Crippen molar-refractivity contribution < 1.29 is 9.53 Å². The second-order valence-corrected chi connectivity index (χ2v) is 4.14. The molecule has 0 aromatic heterocycles. The summed E-state index contributed by atoms with van der Waals surface area (Å²) in [6.45, 7) is 5.06. The predicted octanol–water partition coefficient (Wildman–Crippen LogP) is 0.929. The van der Waals surface area contributed by atoms with E-state index in [0.29, 0.717) is 0 Å². The number of nitrogens with one attached hydrogen (secondary N) is 1. The van der Waals surface area contributed by atoms with Crippen molar-refractivity contribution in [1.82, 2.24) is 5.32 Å². The lowest BCUT2D eigenvalue weighted by molar-refractivity contribution is -0.117. The van der Waals surface area contributed by atoms with Gasteiger partial charge in [0.25, 0.3) is 0 Å². The maximum atomic E-state index is 10.6. The van der Waals surface area contributed by atoms with Crippen molar-refractivity contribution in [3.63, 3.8) is 0 Å². The average Bonchev–Trinajstić information content (AvgIpc) is 2.28. The Bertz CT molecular complexity index is 403. The van der Waals surface area contributed by atoms with Gasteiger partial charge < -0.3 is 15.8 Å². The van der Waals surface area contributed by atoms with E-state index >= 15 is 0 Å². The number of benzene rings is 1. The fraction of sp³-hybridized carbons (Fsp3) is 0.462. The average molecular weight is 236 g/mol. The van der Waals surface area contributed by atoms with Gasteiger partial charge in [-0.3, -0.25) is 4.79 Å². The van der Waals surface area contributed by atoms with Crippen LogP contribution in [0.3, 0.4) is 0 Å². The molecule has 1 amide bonds. The van der Waals surface area contributed by atoms with Gasteiger partial charge in [0.05, 0.1) is 13.7 Å². The SMILES string of the molecule is COc1cc(C)c(CCNCC(N)=O)cc1C. The normalized spacial score (nSPS) is 10.3. The van der Waals surface area contributed by atoms with Gasteiger partial charge in [-0.2, -0.15) is 0 Å². The summed E-state index contributed by atoms with van der Waals surface area (Å²) in [6.07, 6.45) is 0.879. The van der Waals surface area contributed by atoms with Crippen molar-refractivity contribution in [3.05, 3.63) is 28.8 Å². The number of primary amides is 1. The summed E-state index contributed by atoms with van der Waals surface area (Å²) in [5, 5.41) is 3.00. The molecule has 0 unspecified atom stereocenters. The van der Waals surface area contributed by atoms with Crippen molar-refractivity contribution in [2.24, 2.45) is 5.73 Å². The lowest BCUT2D eigenvalue weighted by Gasteiger charge is -2.11. The zero-order valence-electron chi connectivity index (χ0n) is 10.7. The number of ether oxygens (including phenoxy) is 1. The van der Waals surface area contributed by atoms with Gasteiger partial charge in [0.1, 0.15) is 5.75 Å². The number of hydrogen-bond acceptors (Lipinski definition) is 3. The molecule has 4 heteroatoms. The van der Waals surface area contributed by atoms with Crippen LogP contribution in [-0.2, 0) is 11.2 Å². The summed E-state index contributed by atoms with van der Waals surface area (Å²) in [7, 11) is 1.68. The molecule has 94 valence electrons. The summed E-state index contributed by atoms with van der Waals surface area (Å²) >= 11 is 0. The zero-order chi connectivity index (χ0) is 12.8. The molecule has 0 saturated heterocycles. The van der Waals surface area contributed by atoms with E-state index in [1.165, 1.54) is 11.1 Å². The molecule has 0 bridgehead atoms. The molecule has 0 heterocycles. The molecule has 3 N–H and O–H groups in total. The molecular formula is C13H20N2O2. The van der Waals surface area contributed by atoms with E-state index < -0.39 is 0 Å². The number of nitrogens with two attached hydrogens (primary N) is 1. The van der Waals surface area contributed by atoms with Crippen molar-refractivity contribution in [2.75, 3.05) is 20.2 Å². The van der Waals surface area contributed by atoms with Gasteiger partial charge in [-0.25, -0.2) is 0 Å². The number of amides is 1. The van der Waals surface area contributed by atoms with E-state index in [9.17, 15) is 4.79 Å². The van der Waals surface area contributed by atoms with Gasteiger partial charge in [-0.15, -0.1) is 0 Å². The molecule has 0 fully saturated rings. The first kappa shape index (κ1) is 13.5. The fourth-order valence-electron chi connectivity index (χ4n) is 1.77. The van der Waals surface area contributed by atoms with E-state index in [1.54, 1.807) is 7.11 Å². The highest BCUT2D eigenvalue weighted by molar-refractivity contribution is 5.75. The Balaban J connectivity index is 2.59. The van der Waals surface area contributed by atoms with E-state index in [2.05, 4.69) is 18.3 Å². The van der Waals surface area contributed by atoms with Gasteiger partial charge in [-0.05, 0) is 49.6 Å². The minimum absolute atomic E-state index is 0.230. The Morgan fingerprint density at radius 1 is 1.35 bits per heavy atom. The summed E-state index contributed by atoms with van der Waals surface area (Å²) < 4.78 is 5.26. The Labute approximate surface area is 102 Å². The Hall–Kier alpha value is -1.55. The maximum absolute atomic E-state index is 10.6. The van der Waals surface area contributed by atoms with Crippen LogP contribution in [-0.4, -0.2) is 26.1 Å². The van der Waals surface area contributed by atoms with Crippen LogP contribution in [0.1, 0.15) is 16.7 Å². The number of hydrogen-bond donors (Lipinski definition) is 2. The van der Waals surface area contributed by atoms with Gasteiger partial charge in [-0.1, -0.05) is 6.07 Å². The van der Waals surface area contributed by atoms with Crippen molar-refractivity contribution in [3.8, 4) is 5.75 Å². The van der Waals surface area contributed by atoms with E-state index in [0.717, 1.165) is 24.3 Å². The summed E-state index contributed by atoms with van der Waals surface area (Å²) in [4.78, 5) is 10.6. The molecule has 17 heavy (non-hydrogen) atoms. The number of carbonyl (C=O) groups excluding carboxylic acids is 1. The van der Waals surface area contributed by atoms with Gasteiger partial charge >= 0.3 is 0 Å². The lowest BCUT2D eigenvalue weighted by atomic mass is 10.0. The largest absolute Gasteiger partial charge is 0.496 e. The van der Waals surface area contributed by atoms with Gasteiger partial charge in [0, 0.05) is 0 Å². The molecule has 1 aromatic carbocycles. The Morgan fingerprint density at radius 3 is 2.65 bits per heavy atom. The fourth-order valence-corrected chi connectivity index (χ4v) is 1.77. The zero-order valence-corrected chi connectivity index (χ0v) is 10.7. The molecule has 0 radical (unpaired) electrons. The van der Waals surface area contributed by atoms with Crippen LogP contribution in [0.4, 0.5) is 0 Å². The first-order valence-corrected chi connectivity index (χ1v) is 5.67. The minimum atomic E-state index is -0.326. The van der Waals surface area contributed by atoms with Gasteiger partial charge in [0.2, 0.25) is 5.91 Å². The molecule has 1 rings (SSSR count). The van der Waals surface area contributed by atoms with Crippen LogP contribution in [0.2, 0.25) is 0 Å². The third kappa shape index (κ3) is 4.07. The summed E-state index contributed by atoms with van der Waals surface area (Å²) in [5.74, 6) is 0.587. The van der Waals surface area contributed by atoms with E-state index in [1.807, 2.05) is 13.0 Å². The smallest absolute Gasteiger partial charge is 0.231 e. The number of rotatable bonds is 6. The molecule has 0 aliphatic heterocycles. The van der Waals surface area contributed by atoms with Gasteiger partial charge in [0.15, 0.2) is 0 Å². The van der Waals surface area contributed by atoms with Crippen LogP contribution in [0.5, 0.6) is 5.75 Å².